The van der Waals surface area contributed by atoms with Crippen LogP contribution in [0.15, 0.2) is 29.4 Å². The predicted octanol–water partition coefficient (Wildman–Crippen LogP) is 1.93. The van der Waals surface area contributed by atoms with E-state index in [-0.39, 0.29) is 5.91 Å². The van der Waals surface area contributed by atoms with Crippen molar-refractivity contribution < 1.29 is 14.7 Å². The summed E-state index contributed by atoms with van der Waals surface area (Å²) in [5.74, 6) is -1.74. The second-order valence-corrected chi connectivity index (χ2v) is 8.26. The van der Waals surface area contributed by atoms with Gasteiger partial charge in [0.05, 0.1) is 11.8 Å². The van der Waals surface area contributed by atoms with Crippen molar-refractivity contribution in [2.24, 2.45) is 11.8 Å². The van der Waals surface area contributed by atoms with Crippen molar-refractivity contribution in [3.8, 4) is 0 Å². The van der Waals surface area contributed by atoms with E-state index in [0.717, 1.165) is 18.1 Å². The van der Waals surface area contributed by atoms with Gasteiger partial charge in [0.25, 0.3) is 0 Å². The molecule has 24 heavy (non-hydrogen) atoms. The standard InChI is InChI=1S/C16H23N3O3S2/c1-12(16(21)22)13(11-23-24-14-5-3-4-6-17-14)15(20)19-9-7-18(2)8-10-19/h3-6,12-13H,7-11H2,1-2H3,(H,21,22). The number of carboxylic acid groups (broad SMARTS) is 1. The monoisotopic (exact) mass is 369 g/mol. The summed E-state index contributed by atoms with van der Waals surface area (Å²) in [7, 11) is 4.99. The van der Waals surface area contributed by atoms with Gasteiger partial charge in [0.15, 0.2) is 0 Å². The van der Waals surface area contributed by atoms with E-state index in [1.807, 2.05) is 25.2 Å². The van der Waals surface area contributed by atoms with Crippen LogP contribution >= 0.6 is 21.6 Å². The van der Waals surface area contributed by atoms with E-state index < -0.39 is 17.8 Å². The molecule has 1 saturated heterocycles. The van der Waals surface area contributed by atoms with Gasteiger partial charge in [0.1, 0.15) is 5.03 Å². The molecule has 1 aliphatic rings. The summed E-state index contributed by atoms with van der Waals surface area (Å²) in [5.41, 5.74) is 0. The van der Waals surface area contributed by atoms with Crippen molar-refractivity contribution in [1.29, 1.82) is 0 Å². The molecule has 0 spiro atoms. The lowest BCUT2D eigenvalue weighted by molar-refractivity contribution is -0.149. The van der Waals surface area contributed by atoms with Crippen LogP contribution in [0.3, 0.4) is 0 Å². The molecule has 0 radical (unpaired) electrons. The van der Waals surface area contributed by atoms with Crippen LogP contribution < -0.4 is 0 Å². The number of aliphatic carboxylic acids is 1. The number of carboxylic acids is 1. The Morgan fingerprint density at radius 2 is 2.00 bits per heavy atom. The number of aromatic nitrogens is 1. The maximum Gasteiger partial charge on any atom is 0.307 e. The first-order valence-corrected chi connectivity index (χ1v) is 10.2. The molecule has 1 aliphatic heterocycles. The van der Waals surface area contributed by atoms with Gasteiger partial charge in [0, 0.05) is 38.1 Å². The van der Waals surface area contributed by atoms with Crippen LogP contribution in [0.25, 0.3) is 0 Å². The number of rotatable bonds is 7. The molecule has 2 heterocycles. The lowest BCUT2D eigenvalue weighted by atomic mass is 9.94. The number of carbonyl (C=O) groups is 2. The summed E-state index contributed by atoms with van der Waals surface area (Å²) in [6.45, 7) is 4.60. The first-order valence-electron chi connectivity index (χ1n) is 7.89. The van der Waals surface area contributed by atoms with Crippen molar-refractivity contribution in [2.75, 3.05) is 39.0 Å². The Morgan fingerprint density at radius 3 is 2.58 bits per heavy atom. The number of likely N-dealkylation sites (N-methyl/N-ethyl adjacent to an activating group) is 1. The summed E-state index contributed by atoms with van der Waals surface area (Å²) < 4.78 is 0. The van der Waals surface area contributed by atoms with Gasteiger partial charge in [-0.3, -0.25) is 9.59 Å². The van der Waals surface area contributed by atoms with E-state index in [1.54, 1.807) is 18.0 Å². The fraction of sp³-hybridized carbons (Fsp3) is 0.562. The SMILES string of the molecule is CC(C(=O)O)C(CSSc1ccccn1)C(=O)N1CCN(C)CC1. The highest BCUT2D eigenvalue weighted by Crippen LogP contribution is 2.33. The van der Waals surface area contributed by atoms with E-state index in [9.17, 15) is 14.7 Å². The molecule has 2 rings (SSSR count). The Labute approximate surface area is 150 Å². The Morgan fingerprint density at radius 1 is 1.29 bits per heavy atom. The lowest BCUT2D eigenvalue weighted by Gasteiger charge is -2.35. The average Bonchev–Trinajstić information content (AvgIpc) is 2.59. The fourth-order valence-corrected chi connectivity index (χ4v) is 4.73. The van der Waals surface area contributed by atoms with Crippen LogP contribution in [-0.2, 0) is 9.59 Å². The molecule has 1 aromatic heterocycles. The zero-order valence-corrected chi connectivity index (χ0v) is 15.6. The van der Waals surface area contributed by atoms with Gasteiger partial charge >= 0.3 is 5.97 Å². The lowest BCUT2D eigenvalue weighted by Crippen LogP contribution is -2.50. The molecule has 1 aromatic rings. The van der Waals surface area contributed by atoms with Crippen molar-refractivity contribution in [2.45, 2.75) is 11.9 Å². The minimum Gasteiger partial charge on any atom is -0.481 e. The summed E-state index contributed by atoms with van der Waals surface area (Å²) in [4.78, 5) is 32.4. The number of piperazine rings is 1. The minimum atomic E-state index is -0.925. The largest absolute Gasteiger partial charge is 0.481 e. The van der Waals surface area contributed by atoms with Crippen molar-refractivity contribution in [3.05, 3.63) is 24.4 Å². The topological polar surface area (TPSA) is 73.7 Å². The van der Waals surface area contributed by atoms with E-state index in [2.05, 4.69) is 9.88 Å². The van der Waals surface area contributed by atoms with Crippen molar-refractivity contribution in [3.63, 3.8) is 0 Å². The third-order valence-corrected chi connectivity index (χ3v) is 6.45. The second-order valence-electron chi connectivity index (χ2n) is 5.90. The molecule has 132 valence electrons. The quantitative estimate of drug-likeness (QED) is 0.736. The number of carbonyl (C=O) groups excluding carboxylic acids is 1. The average molecular weight is 370 g/mol. The number of amides is 1. The highest BCUT2D eigenvalue weighted by atomic mass is 33.1. The summed E-state index contributed by atoms with van der Waals surface area (Å²) in [5, 5.41) is 10.2. The van der Waals surface area contributed by atoms with Crippen molar-refractivity contribution >= 4 is 33.5 Å². The number of pyridine rings is 1. The molecule has 2 atom stereocenters. The molecular formula is C16H23N3O3S2. The summed E-state index contributed by atoms with van der Waals surface area (Å²) in [6.07, 6.45) is 1.72. The zero-order valence-electron chi connectivity index (χ0n) is 13.9. The number of hydrogen-bond acceptors (Lipinski definition) is 6. The van der Waals surface area contributed by atoms with Gasteiger partial charge < -0.3 is 14.9 Å². The first kappa shape index (κ1) is 19.1. The molecule has 1 N–H and O–H groups in total. The third kappa shape index (κ3) is 5.39. The highest BCUT2D eigenvalue weighted by Gasteiger charge is 2.34. The normalized spacial score (nSPS) is 18.2. The summed E-state index contributed by atoms with van der Waals surface area (Å²) >= 11 is 0. The highest BCUT2D eigenvalue weighted by molar-refractivity contribution is 8.76. The smallest absolute Gasteiger partial charge is 0.307 e. The van der Waals surface area contributed by atoms with Gasteiger partial charge in [-0.05, 0) is 30.0 Å². The molecule has 8 heteroatoms. The van der Waals surface area contributed by atoms with E-state index >= 15 is 0 Å². The second kappa shape index (κ2) is 9.29. The van der Waals surface area contributed by atoms with Gasteiger partial charge in [-0.15, -0.1) is 0 Å². The molecule has 6 nitrogen and oxygen atoms in total. The molecular weight excluding hydrogens is 346 g/mol. The molecule has 0 aromatic carbocycles. The number of nitrogens with zero attached hydrogens (tertiary/aromatic N) is 3. The predicted molar refractivity (Wildman–Crippen MR) is 96.9 cm³/mol. The van der Waals surface area contributed by atoms with E-state index in [1.165, 1.54) is 21.6 Å². The third-order valence-electron chi connectivity index (χ3n) is 4.15. The van der Waals surface area contributed by atoms with Gasteiger partial charge in [-0.2, -0.15) is 0 Å². The van der Waals surface area contributed by atoms with E-state index in [4.69, 9.17) is 0 Å². The van der Waals surface area contributed by atoms with Gasteiger partial charge in [0.2, 0.25) is 5.91 Å². The first-order chi connectivity index (χ1) is 11.5. The Balaban J connectivity index is 1.96. The maximum absolute atomic E-state index is 12.8. The van der Waals surface area contributed by atoms with Crippen LogP contribution in [0, 0.1) is 11.8 Å². The van der Waals surface area contributed by atoms with Crippen LogP contribution in [0.5, 0.6) is 0 Å². The van der Waals surface area contributed by atoms with Gasteiger partial charge in [-0.25, -0.2) is 4.98 Å². The summed E-state index contributed by atoms with van der Waals surface area (Å²) in [6, 6.07) is 5.65. The number of hydrogen-bond donors (Lipinski definition) is 1. The zero-order chi connectivity index (χ0) is 17.5. The molecule has 0 aliphatic carbocycles. The molecule has 1 amide bonds. The van der Waals surface area contributed by atoms with Crippen LogP contribution in [0.1, 0.15) is 6.92 Å². The van der Waals surface area contributed by atoms with E-state index in [0.29, 0.717) is 18.8 Å². The Bertz CT molecular complexity index is 551. The molecule has 0 saturated carbocycles. The Kier molecular flexibility index (Phi) is 7.39. The minimum absolute atomic E-state index is 0.0490. The van der Waals surface area contributed by atoms with Crippen LogP contribution in [-0.4, -0.2) is 70.7 Å². The van der Waals surface area contributed by atoms with Crippen molar-refractivity contribution in [1.82, 2.24) is 14.8 Å². The maximum atomic E-state index is 12.8. The molecule has 2 unspecified atom stereocenters. The van der Waals surface area contributed by atoms with Crippen LogP contribution in [0.2, 0.25) is 0 Å². The van der Waals surface area contributed by atoms with Gasteiger partial charge in [-0.1, -0.05) is 23.8 Å². The van der Waals surface area contributed by atoms with Crippen LogP contribution in [0.4, 0.5) is 0 Å². The fourth-order valence-electron chi connectivity index (χ4n) is 2.43. The molecule has 1 fully saturated rings. The molecule has 0 bridgehead atoms. The Hall–Kier alpha value is -1.25.